The lowest BCUT2D eigenvalue weighted by Gasteiger charge is -2.18. The standard InChI is InChI=1S/C21H28N4O4/c1-5-28-21(27)16(3)17-6-8-18(9-7-17)29-20-14-23-13-19(24-20)25(4)11-10-22-12-15(2)26/h6-9,13-14,16,22H,5,10-12H2,1-4H3. The first-order valence-corrected chi connectivity index (χ1v) is 9.58. The number of aromatic nitrogens is 2. The molecule has 0 aliphatic rings. The van der Waals surface area contributed by atoms with Crippen molar-refractivity contribution in [2.24, 2.45) is 0 Å². The fourth-order valence-electron chi connectivity index (χ4n) is 2.55. The van der Waals surface area contributed by atoms with E-state index in [-0.39, 0.29) is 17.7 Å². The number of hydrogen-bond acceptors (Lipinski definition) is 8. The summed E-state index contributed by atoms with van der Waals surface area (Å²) in [6, 6.07) is 7.24. The van der Waals surface area contributed by atoms with E-state index in [1.807, 2.05) is 31.0 Å². The van der Waals surface area contributed by atoms with Crippen LogP contribution in [0.4, 0.5) is 5.82 Å². The Balaban J connectivity index is 1.95. The van der Waals surface area contributed by atoms with Crippen LogP contribution < -0.4 is 15.0 Å². The van der Waals surface area contributed by atoms with E-state index in [9.17, 15) is 9.59 Å². The SMILES string of the molecule is CCOC(=O)C(C)c1ccc(Oc2cncc(N(C)CCNCC(C)=O)n2)cc1. The van der Waals surface area contributed by atoms with E-state index in [1.54, 1.807) is 38.4 Å². The van der Waals surface area contributed by atoms with E-state index in [2.05, 4.69) is 15.3 Å². The highest BCUT2D eigenvalue weighted by atomic mass is 16.5. The fraction of sp³-hybridized carbons (Fsp3) is 0.429. The summed E-state index contributed by atoms with van der Waals surface area (Å²) in [5.41, 5.74) is 0.855. The molecular formula is C21H28N4O4. The number of carbonyl (C=O) groups excluding carboxylic acids is 2. The van der Waals surface area contributed by atoms with Crippen molar-refractivity contribution in [1.82, 2.24) is 15.3 Å². The highest BCUT2D eigenvalue weighted by molar-refractivity contribution is 5.78. The first-order valence-electron chi connectivity index (χ1n) is 9.58. The molecule has 0 fully saturated rings. The molecule has 0 spiro atoms. The number of ketones is 1. The molecule has 8 heteroatoms. The van der Waals surface area contributed by atoms with Crippen molar-refractivity contribution in [2.75, 3.05) is 38.2 Å². The zero-order chi connectivity index (χ0) is 21.2. The van der Waals surface area contributed by atoms with Crippen LogP contribution in [0.25, 0.3) is 0 Å². The van der Waals surface area contributed by atoms with Crippen molar-refractivity contribution in [3.63, 3.8) is 0 Å². The smallest absolute Gasteiger partial charge is 0.313 e. The summed E-state index contributed by atoms with van der Waals surface area (Å²) < 4.78 is 10.8. The molecule has 1 atom stereocenters. The number of likely N-dealkylation sites (N-methyl/N-ethyl adjacent to an activating group) is 1. The van der Waals surface area contributed by atoms with Crippen molar-refractivity contribution in [2.45, 2.75) is 26.7 Å². The zero-order valence-corrected chi connectivity index (χ0v) is 17.3. The summed E-state index contributed by atoms with van der Waals surface area (Å²) in [4.78, 5) is 33.4. The number of nitrogens with zero attached hydrogens (tertiary/aromatic N) is 3. The third kappa shape index (κ3) is 7.15. The summed E-state index contributed by atoms with van der Waals surface area (Å²) in [7, 11) is 1.90. The second-order valence-corrected chi connectivity index (χ2v) is 6.66. The van der Waals surface area contributed by atoms with Crippen LogP contribution in [-0.4, -0.2) is 55.0 Å². The van der Waals surface area contributed by atoms with E-state index in [1.165, 1.54) is 0 Å². The van der Waals surface area contributed by atoms with Crippen LogP contribution in [0.3, 0.4) is 0 Å². The van der Waals surface area contributed by atoms with Crippen molar-refractivity contribution >= 4 is 17.6 Å². The topological polar surface area (TPSA) is 93.7 Å². The summed E-state index contributed by atoms with van der Waals surface area (Å²) in [5, 5.41) is 3.07. The maximum Gasteiger partial charge on any atom is 0.313 e. The summed E-state index contributed by atoms with van der Waals surface area (Å²) in [6.07, 6.45) is 3.20. The highest BCUT2D eigenvalue weighted by Gasteiger charge is 2.16. The molecule has 2 rings (SSSR count). The lowest BCUT2D eigenvalue weighted by Crippen LogP contribution is -2.32. The average molecular weight is 400 g/mol. The number of carbonyl (C=O) groups is 2. The van der Waals surface area contributed by atoms with Gasteiger partial charge in [-0.05, 0) is 38.5 Å². The minimum atomic E-state index is -0.336. The maximum absolute atomic E-state index is 11.9. The lowest BCUT2D eigenvalue weighted by molar-refractivity contribution is -0.144. The fourth-order valence-corrected chi connectivity index (χ4v) is 2.55. The number of rotatable bonds is 11. The van der Waals surface area contributed by atoms with Gasteiger partial charge >= 0.3 is 5.97 Å². The van der Waals surface area contributed by atoms with Crippen LogP contribution in [0, 0.1) is 0 Å². The van der Waals surface area contributed by atoms with Crippen molar-refractivity contribution in [3.8, 4) is 11.6 Å². The Morgan fingerprint density at radius 3 is 2.59 bits per heavy atom. The number of nitrogens with one attached hydrogen (secondary N) is 1. The molecule has 0 amide bonds. The molecule has 1 N–H and O–H groups in total. The molecule has 0 saturated heterocycles. The lowest BCUT2D eigenvalue weighted by atomic mass is 10.0. The molecule has 8 nitrogen and oxygen atoms in total. The van der Waals surface area contributed by atoms with Gasteiger partial charge in [-0.15, -0.1) is 0 Å². The van der Waals surface area contributed by atoms with Gasteiger partial charge in [0.15, 0.2) is 5.82 Å². The molecular weight excluding hydrogens is 372 g/mol. The molecule has 1 unspecified atom stereocenters. The summed E-state index contributed by atoms with van der Waals surface area (Å²) >= 11 is 0. The number of benzene rings is 1. The van der Waals surface area contributed by atoms with Crippen molar-refractivity contribution < 1.29 is 19.1 Å². The van der Waals surface area contributed by atoms with Crippen LogP contribution in [-0.2, 0) is 14.3 Å². The Bertz CT molecular complexity index is 811. The molecule has 0 bridgehead atoms. The molecule has 1 heterocycles. The Hall–Kier alpha value is -3.00. The van der Waals surface area contributed by atoms with Gasteiger partial charge in [0.2, 0.25) is 5.88 Å². The molecule has 0 saturated carbocycles. The van der Waals surface area contributed by atoms with Crippen LogP contribution in [0.15, 0.2) is 36.7 Å². The van der Waals surface area contributed by atoms with Crippen LogP contribution in [0.1, 0.15) is 32.3 Å². The molecule has 156 valence electrons. The predicted molar refractivity (Wildman–Crippen MR) is 110 cm³/mol. The van der Waals surface area contributed by atoms with Crippen LogP contribution >= 0.6 is 0 Å². The minimum Gasteiger partial charge on any atom is -0.466 e. The van der Waals surface area contributed by atoms with Gasteiger partial charge in [-0.3, -0.25) is 14.6 Å². The van der Waals surface area contributed by atoms with E-state index in [0.29, 0.717) is 43.7 Å². The zero-order valence-electron chi connectivity index (χ0n) is 17.3. The number of hydrogen-bond donors (Lipinski definition) is 1. The molecule has 2 aromatic rings. The molecule has 0 aliphatic heterocycles. The number of esters is 1. The van der Waals surface area contributed by atoms with Crippen LogP contribution in [0.5, 0.6) is 11.6 Å². The third-order valence-electron chi connectivity index (χ3n) is 4.23. The second kappa shape index (κ2) is 11.1. The van der Waals surface area contributed by atoms with Gasteiger partial charge in [-0.2, -0.15) is 4.98 Å². The average Bonchev–Trinajstić information content (AvgIpc) is 2.71. The van der Waals surface area contributed by atoms with Gasteiger partial charge in [0.05, 0.1) is 31.5 Å². The first kappa shape index (κ1) is 22.3. The van der Waals surface area contributed by atoms with E-state index in [0.717, 1.165) is 5.56 Å². The van der Waals surface area contributed by atoms with Crippen molar-refractivity contribution in [1.29, 1.82) is 0 Å². The van der Waals surface area contributed by atoms with Gasteiger partial charge in [0, 0.05) is 20.1 Å². The molecule has 1 aromatic heterocycles. The predicted octanol–water partition coefficient (Wildman–Crippen LogP) is 2.55. The molecule has 0 radical (unpaired) electrons. The van der Waals surface area contributed by atoms with Gasteiger partial charge in [0.25, 0.3) is 0 Å². The second-order valence-electron chi connectivity index (χ2n) is 6.66. The molecule has 29 heavy (non-hydrogen) atoms. The van der Waals surface area contributed by atoms with Gasteiger partial charge in [-0.1, -0.05) is 12.1 Å². The Morgan fingerprint density at radius 1 is 1.21 bits per heavy atom. The van der Waals surface area contributed by atoms with Crippen LogP contribution in [0.2, 0.25) is 0 Å². The van der Waals surface area contributed by atoms with Gasteiger partial charge < -0.3 is 19.7 Å². The number of anilines is 1. The number of Topliss-reactive ketones (excluding diaryl/α,β-unsaturated/α-hetero) is 1. The normalized spacial score (nSPS) is 11.6. The minimum absolute atomic E-state index is 0.102. The van der Waals surface area contributed by atoms with E-state index in [4.69, 9.17) is 9.47 Å². The molecule has 0 aliphatic carbocycles. The summed E-state index contributed by atoms with van der Waals surface area (Å²) in [6.45, 7) is 7.19. The van der Waals surface area contributed by atoms with Gasteiger partial charge in [-0.25, -0.2) is 0 Å². The maximum atomic E-state index is 11.9. The summed E-state index contributed by atoms with van der Waals surface area (Å²) in [5.74, 6) is 1.16. The Morgan fingerprint density at radius 2 is 1.93 bits per heavy atom. The third-order valence-corrected chi connectivity index (χ3v) is 4.23. The van der Waals surface area contributed by atoms with E-state index >= 15 is 0 Å². The Kier molecular flexibility index (Phi) is 8.54. The van der Waals surface area contributed by atoms with Crippen molar-refractivity contribution in [3.05, 3.63) is 42.2 Å². The monoisotopic (exact) mass is 400 g/mol. The van der Waals surface area contributed by atoms with Gasteiger partial charge in [0.1, 0.15) is 11.5 Å². The largest absolute Gasteiger partial charge is 0.466 e. The quantitative estimate of drug-likeness (QED) is 0.454. The van der Waals surface area contributed by atoms with E-state index < -0.39 is 0 Å². The molecule has 1 aromatic carbocycles. The number of ether oxygens (including phenoxy) is 2. The Labute approximate surface area is 171 Å². The first-order chi connectivity index (χ1) is 13.9. The highest BCUT2D eigenvalue weighted by Crippen LogP contribution is 2.24.